The molecule has 9 heteroatoms. The number of carbonyl (C=O) groups is 2. The van der Waals surface area contributed by atoms with Gasteiger partial charge in [-0.05, 0) is 30.2 Å². The molecule has 142 valence electrons. The van der Waals surface area contributed by atoms with Gasteiger partial charge in [-0.25, -0.2) is 14.0 Å². The zero-order valence-electron chi connectivity index (χ0n) is 14.5. The second-order valence-corrected chi connectivity index (χ2v) is 5.59. The monoisotopic (exact) mass is 375 g/mol. The van der Waals surface area contributed by atoms with Gasteiger partial charge in [-0.2, -0.15) is 0 Å². The van der Waals surface area contributed by atoms with Crippen molar-refractivity contribution in [1.29, 1.82) is 0 Å². The Bertz CT molecular complexity index is 990. The van der Waals surface area contributed by atoms with Crippen molar-refractivity contribution < 1.29 is 18.7 Å². The van der Waals surface area contributed by atoms with Crippen LogP contribution in [-0.4, -0.2) is 27.9 Å². The lowest BCUT2D eigenvalue weighted by Crippen LogP contribution is -2.37. The van der Waals surface area contributed by atoms with E-state index in [1.54, 1.807) is 6.92 Å². The summed E-state index contributed by atoms with van der Waals surface area (Å²) in [6, 6.07) is 5.38. The number of nitrogens with one attached hydrogen (secondary N) is 1. The van der Waals surface area contributed by atoms with Crippen LogP contribution in [0.4, 0.5) is 10.2 Å². The smallest absolute Gasteiger partial charge is 0.331 e. The first kappa shape index (κ1) is 19.8. The molecule has 2 aromatic rings. The fraction of sp³-hybridized carbons (Fsp3) is 0.222. The Morgan fingerprint density at radius 2 is 1.93 bits per heavy atom. The highest BCUT2D eigenvalue weighted by Gasteiger charge is 2.20. The van der Waals surface area contributed by atoms with Crippen LogP contribution in [0.15, 0.2) is 39.9 Å². The molecule has 0 bridgehead atoms. The highest BCUT2D eigenvalue weighted by Crippen LogP contribution is 2.07. The van der Waals surface area contributed by atoms with Crippen LogP contribution in [0.5, 0.6) is 0 Å². The van der Waals surface area contributed by atoms with Gasteiger partial charge in [0.2, 0.25) is 5.78 Å². The molecule has 1 heterocycles. The number of ether oxygens (including phenoxy) is 1. The number of aromatic amines is 1. The van der Waals surface area contributed by atoms with E-state index in [0.29, 0.717) is 12.0 Å². The van der Waals surface area contributed by atoms with Crippen LogP contribution in [0.2, 0.25) is 0 Å². The Balaban J connectivity index is 2.08. The van der Waals surface area contributed by atoms with Crippen molar-refractivity contribution in [3.63, 3.8) is 0 Å². The van der Waals surface area contributed by atoms with Gasteiger partial charge < -0.3 is 10.5 Å². The first-order chi connectivity index (χ1) is 12.8. The Morgan fingerprint density at radius 1 is 1.26 bits per heavy atom. The average molecular weight is 375 g/mol. The summed E-state index contributed by atoms with van der Waals surface area (Å²) >= 11 is 0. The largest absolute Gasteiger partial charge is 0.454 e. The van der Waals surface area contributed by atoms with Crippen molar-refractivity contribution in [2.45, 2.75) is 19.9 Å². The molecule has 0 atom stereocenters. The summed E-state index contributed by atoms with van der Waals surface area (Å²) in [5, 5.41) is 0. The normalized spacial score (nSPS) is 10.9. The van der Waals surface area contributed by atoms with Crippen molar-refractivity contribution in [2.75, 3.05) is 12.3 Å². The van der Waals surface area contributed by atoms with Gasteiger partial charge in [0.1, 0.15) is 17.2 Å². The van der Waals surface area contributed by atoms with Gasteiger partial charge >= 0.3 is 11.7 Å². The molecule has 27 heavy (non-hydrogen) atoms. The summed E-state index contributed by atoms with van der Waals surface area (Å²) < 4.78 is 18.7. The van der Waals surface area contributed by atoms with Crippen LogP contribution in [0.1, 0.15) is 29.3 Å². The van der Waals surface area contributed by atoms with Crippen molar-refractivity contribution in [2.24, 2.45) is 0 Å². The molecule has 3 N–H and O–H groups in total. The van der Waals surface area contributed by atoms with E-state index in [1.165, 1.54) is 30.3 Å². The van der Waals surface area contributed by atoms with Crippen LogP contribution >= 0.6 is 0 Å². The number of Topliss-reactive ketones (excluding diaryl/α,β-unsaturated/α-hetero) is 1. The number of carbonyl (C=O) groups excluding carboxylic acids is 2. The molecule has 0 fully saturated rings. The van der Waals surface area contributed by atoms with E-state index in [9.17, 15) is 23.6 Å². The number of esters is 1. The molecule has 1 aromatic carbocycles. The summed E-state index contributed by atoms with van der Waals surface area (Å²) in [4.78, 5) is 49.6. The third-order valence-electron chi connectivity index (χ3n) is 3.59. The number of H-pyrrole nitrogens is 1. The van der Waals surface area contributed by atoms with Gasteiger partial charge in [-0.3, -0.25) is 19.1 Å². The molecule has 0 aliphatic rings. The van der Waals surface area contributed by atoms with E-state index in [2.05, 4.69) is 0 Å². The standard InChI is InChI=1S/C18H18FN3O5/c1-2-9-22-16(20)15(17(25)21-18(22)26)13(23)10-27-14(24)8-5-11-3-6-12(19)7-4-11/h3-8H,2,9-10,20H2,1H3,(H,21,25,26)/b8-5+. The lowest BCUT2D eigenvalue weighted by molar-refractivity contribution is -0.136. The van der Waals surface area contributed by atoms with Crippen molar-refractivity contribution >= 4 is 23.6 Å². The molecule has 0 amide bonds. The molecule has 0 unspecified atom stereocenters. The molecular weight excluding hydrogens is 357 g/mol. The Hall–Kier alpha value is -3.49. The second kappa shape index (κ2) is 8.75. The fourth-order valence-electron chi connectivity index (χ4n) is 2.30. The molecule has 1 aromatic heterocycles. The molecule has 0 saturated heterocycles. The number of benzene rings is 1. The van der Waals surface area contributed by atoms with Crippen LogP contribution in [0, 0.1) is 5.82 Å². The maximum absolute atomic E-state index is 12.8. The van der Waals surface area contributed by atoms with E-state index < -0.39 is 41.0 Å². The topological polar surface area (TPSA) is 124 Å². The first-order valence-electron chi connectivity index (χ1n) is 8.09. The first-order valence-corrected chi connectivity index (χ1v) is 8.09. The minimum Gasteiger partial charge on any atom is -0.454 e. The highest BCUT2D eigenvalue weighted by atomic mass is 19.1. The fourth-order valence-corrected chi connectivity index (χ4v) is 2.30. The summed E-state index contributed by atoms with van der Waals surface area (Å²) in [5.74, 6) is -2.34. The van der Waals surface area contributed by atoms with Gasteiger partial charge in [-0.1, -0.05) is 19.1 Å². The lowest BCUT2D eigenvalue weighted by Gasteiger charge is -2.10. The number of anilines is 1. The number of hydrogen-bond donors (Lipinski definition) is 2. The lowest BCUT2D eigenvalue weighted by atomic mass is 10.2. The number of nitrogens with two attached hydrogens (primary N) is 1. The van der Waals surface area contributed by atoms with E-state index >= 15 is 0 Å². The Morgan fingerprint density at radius 3 is 2.56 bits per heavy atom. The molecule has 0 saturated carbocycles. The SMILES string of the molecule is CCCn1c(N)c(C(=O)COC(=O)/C=C/c2ccc(F)cc2)c(=O)[nH]c1=O. The Labute approximate surface area is 153 Å². The summed E-state index contributed by atoms with van der Waals surface area (Å²) in [6.07, 6.45) is 3.01. The quantitative estimate of drug-likeness (QED) is 0.424. The number of ketones is 1. The zero-order valence-corrected chi connectivity index (χ0v) is 14.5. The number of hydrogen-bond acceptors (Lipinski definition) is 6. The maximum Gasteiger partial charge on any atom is 0.331 e. The Kier molecular flexibility index (Phi) is 6.42. The molecule has 0 aliphatic heterocycles. The van der Waals surface area contributed by atoms with E-state index in [-0.39, 0.29) is 12.4 Å². The number of rotatable bonds is 7. The van der Waals surface area contributed by atoms with E-state index in [4.69, 9.17) is 10.5 Å². The third-order valence-corrected chi connectivity index (χ3v) is 3.59. The van der Waals surface area contributed by atoms with Crippen molar-refractivity contribution in [3.8, 4) is 0 Å². The van der Waals surface area contributed by atoms with Gasteiger partial charge in [0, 0.05) is 12.6 Å². The van der Waals surface area contributed by atoms with Crippen LogP contribution in [0.25, 0.3) is 6.08 Å². The van der Waals surface area contributed by atoms with E-state index in [0.717, 1.165) is 10.6 Å². The maximum atomic E-state index is 12.8. The van der Waals surface area contributed by atoms with Crippen LogP contribution < -0.4 is 17.0 Å². The minimum atomic E-state index is -0.937. The van der Waals surface area contributed by atoms with Crippen molar-refractivity contribution in [3.05, 3.63) is 68.1 Å². The van der Waals surface area contributed by atoms with Gasteiger partial charge in [0.15, 0.2) is 6.61 Å². The number of halogens is 1. The summed E-state index contributed by atoms with van der Waals surface area (Å²) in [7, 11) is 0. The van der Waals surface area contributed by atoms with Gasteiger partial charge in [0.25, 0.3) is 5.56 Å². The highest BCUT2D eigenvalue weighted by molar-refractivity contribution is 6.01. The molecule has 0 spiro atoms. The van der Waals surface area contributed by atoms with Gasteiger partial charge in [-0.15, -0.1) is 0 Å². The predicted octanol–water partition coefficient (Wildman–Crippen LogP) is 1.11. The predicted molar refractivity (Wildman–Crippen MR) is 96.7 cm³/mol. The third kappa shape index (κ3) is 5.00. The van der Waals surface area contributed by atoms with E-state index in [1.807, 2.05) is 4.98 Å². The number of aromatic nitrogens is 2. The van der Waals surface area contributed by atoms with Crippen LogP contribution in [-0.2, 0) is 16.1 Å². The summed E-state index contributed by atoms with van der Waals surface area (Å²) in [5.41, 5.74) is 4.24. The molecule has 0 aliphatic carbocycles. The molecule has 2 rings (SSSR count). The zero-order chi connectivity index (χ0) is 20.0. The average Bonchev–Trinajstić information content (AvgIpc) is 2.62. The van der Waals surface area contributed by atoms with Crippen LogP contribution in [0.3, 0.4) is 0 Å². The minimum absolute atomic E-state index is 0.224. The summed E-state index contributed by atoms with van der Waals surface area (Å²) in [6.45, 7) is 1.31. The van der Waals surface area contributed by atoms with Gasteiger partial charge in [0.05, 0.1) is 0 Å². The molecule has 8 nitrogen and oxygen atoms in total. The molecular formula is C18H18FN3O5. The van der Waals surface area contributed by atoms with Crippen molar-refractivity contribution in [1.82, 2.24) is 9.55 Å². The number of nitrogen functional groups attached to an aromatic ring is 1. The second-order valence-electron chi connectivity index (χ2n) is 5.59. The molecule has 0 radical (unpaired) electrons. The number of nitrogens with zero attached hydrogens (tertiary/aromatic N) is 1.